The Bertz CT molecular complexity index is 246. The van der Waals surface area contributed by atoms with Crippen LogP contribution in [-0.4, -0.2) is 18.3 Å². The number of furan rings is 1. The van der Waals surface area contributed by atoms with Crippen molar-refractivity contribution in [3.05, 3.63) is 24.2 Å². The maximum Gasteiger partial charge on any atom is 0.254 e. The lowest BCUT2D eigenvalue weighted by Gasteiger charge is -2.01. The molecule has 0 bridgehead atoms. The van der Waals surface area contributed by atoms with Crippen LogP contribution < -0.4 is 5.32 Å². The first-order valence-electron chi connectivity index (χ1n) is 4.21. The van der Waals surface area contributed by atoms with Crippen LogP contribution >= 0.6 is 11.6 Å². The van der Waals surface area contributed by atoms with Crippen molar-refractivity contribution in [3.8, 4) is 0 Å². The Hall–Kier alpha value is -0.960. The van der Waals surface area contributed by atoms with Gasteiger partial charge < -0.3 is 9.73 Å². The Labute approximate surface area is 82.1 Å². The quantitative estimate of drug-likeness (QED) is 0.585. The third kappa shape index (κ3) is 3.51. The molecule has 1 aromatic heterocycles. The van der Waals surface area contributed by atoms with Gasteiger partial charge in [-0.25, -0.2) is 0 Å². The summed E-state index contributed by atoms with van der Waals surface area (Å²) in [5.41, 5.74) is 0.561. The number of amides is 1. The van der Waals surface area contributed by atoms with Crippen molar-refractivity contribution >= 4 is 17.5 Å². The second kappa shape index (κ2) is 5.65. The minimum atomic E-state index is -0.0941. The molecule has 4 heteroatoms. The SMILES string of the molecule is O=C(NCCCCCl)c1ccoc1. The molecule has 1 amide bonds. The number of unbranched alkanes of at least 4 members (excludes halogenated alkanes) is 1. The van der Waals surface area contributed by atoms with Gasteiger partial charge in [-0.2, -0.15) is 0 Å². The van der Waals surface area contributed by atoms with Crippen molar-refractivity contribution in [1.82, 2.24) is 5.32 Å². The Morgan fingerprint density at radius 1 is 1.54 bits per heavy atom. The highest BCUT2D eigenvalue weighted by molar-refractivity contribution is 6.17. The first-order chi connectivity index (χ1) is 6.34. The van der Waals surface area contributed by atoms with Gasteiger partial charge in [0.25, 0.3) is 5.91 Å². The number of hydrogen-bond acceptors (Lipinski definition) is 2. The molecule has 13 heavy (non-hydrogen) atoms. The van der Waals surface area contributed by atoms with E-state index >= 15 is 0 Å². The van der Waals surface area contributed by atoms with Gasteiger partial charge in [0.05, 0.1) is 11.8 Å². The summed E-state index contributed by atoms with van der Waals surface area (Å²) < 4.78 is 4.78. The lowest BCUT2D eigenvalue weighted by atomic mass is 10.3. The van der Waals surface area contributed by atoms with Crippen molar-refractivity contribution in [2.75, 3.05) is 12.4 Å². The molecule has 0 fully saturated rings. The summed E-state index contributed by atoms with van der Waals surface area (Å²) in [5, 5.41) is 2.76. The molecule has 0 aliphatic rings. The standard InChI is InChI=1S/C9H12ClNO2/c10-4-1-2-5-11-9(12)8-3-6-13-7-8/h3,6-7H,1-2,4-5H2,(H,11,12). The highest BCUT2D eigenvalue weighted by Crippen LogP contribution is 1.99. The van der Waals surface area contributed by atoms with Gasteiger partial charge in [-0.15, -0.1) is 11.6 Å². The monoisotopic (exact) mass is 201 g/mol. The van der Waals surface area contributed by atoms with E-state index < -0.39 is 0 Å². The van der Waals surface area contributed by atoms with Crippen molar-refractivity contribution in [2.45, 2.75) is 12.8 Å². The maximum absolute atomic E-state index is 11.3. The van der Waals surface area contributed by atoms with Crippen LogP contribution in [0.3, 0.4) is 0 Å². The number of rotatable bonds is 5. The Kier molecular flexibility index (Phi) is 4.40. The zero-order valence-electron chi connectivity index (χ0n) is 7.25. The predicted octanol–water partition coefficient (Wildman–Crippen LogP) is 2.03. The number of alkyl halides is 1. The molecule has 3 nitrogen and oxygen atoms in total. The van der Waals surface area contributed by atoms with Crippen molar-refractivity contribution in [3.63, 3.8) is 0 Å². The topological polar surface area (TPSA) is 42.2 Å². The molecule has 1 aromatic rings. The highest BCUT2D eigenvalue weighted by Gasteiger charge is 2.04. The van der Waals surface area contributed by atoms with Crippen LogP contribution in [0.1, 0.15) is 23.2 Å². The van der Waals surface area contributed by atoms with Gasteiger partial charge in [-0.05, 0) is 18.9 Å². The molecule has 0 saturated heterocycles. The molecule has 0 aliphatic carbocycles. The van der Waals surface area contributed by atoms with E-state index in [0.717, 1.165) is 12.8 Å². The van der Waals surface area contributed by atoms with Crippen molar-refractivity contribution in [2.24, 2.45) is 0 Å². The third-order valence-corrected chi connectivity index (χ3v) is 1.90. The van der Waals surface area contributed by atoms with E-state index in [9.17, 15) is 4.79 Å². The van der Waals surface area contributed by atoms with E-state index in [1.807, 2.05) is 0 Å². The molecule has 0 aromatic carbocycles. The summed E-state index contributed by atoms with van der Waals surface area (Å²) in [4.78, 5) is 11.3. The van der Waals surface area contributed by atoms with Gasteiger partial charge >= 0.3 is 0 Å². The van der Waals surface area contributed by atoms with Crippen LogP contribution in [0.25, 0.3) is 0 Å². The second-order valence-electron chi connectivity index (χ2n) is 2.66. The molecule has 1 heterocycles. The molecule has 0 spiro atoms. The summed E-state index contributed by atoms with van der Waals surface area (Å²) in [6, 6.07) is 1.64. The first-order valence-corrected chi connectivity index (χ1v) is 4.74. The minimum Gasteiger partial charge on any atom is -0.472 e. The average Bonchev–Trinajstić information content (AvgIpc) is 2.65. The summed E-state index contributed by atoms with van der Waals surface area (Å²) in [5.74, 6) is 0.546. The zero-order valence-corrected chi connectivity index (χ0v) is 8.01. The molecular weight excluding hydrogens is 190 g/mol. The summed E-state index contributed by atoms with van der Waals surface area (Å²) in [7, 11) is 0. The van der Waals surface area contributed by atoms with Crippen LogP contribution in [-0.2, 0) is 0 Å². The summed E-state index contributed by atoms with van der Waals surface area (Å²) >= 11 is 5.49. The second-order valence-corrected chi connectivity index (χ2v) is 3.04. The van der Waals surface area contributed by atoms with E-state index in [0.29, 0.717) is 18.0 Å². The van der Waals surface area contributed by atoms with Gasteiger partial charge in [0, 0.05) is 12.4 Å². The molecule has 1 N–H and O–H groups in total. The van der Waals surface area contributed by atoms with E-state index in [-0.39, 0.29) is 5.91 Å². The molecule has 0 atom stereocenters. The highest BCUT2D eigenvalue weighted by atomic mass is 35.5. The van der Waals surface area contributed by atoms with Crippen LogP contribution in [0.4, 0.5) is 0 Å². The lowest BCUT2D eigenvalue weighted by Crippen LogP contribution is -2.23. The zero-order chi connectivity index (χ0) is 9.52. The normalized spacial score (nSPS) is 9.92. The van der Waals surface area contributed by atoms with Crippen molar-refractivity contribution < 1.29 is 9.21 Å². The fourth-order valence-corrected chi connectivity index (χ4v) is 1.11. The molecule has 1 rings (SSSR count). The van der Waals surface area contributed by atoms with Gasteiger partial charge in [-0.1, -0.05) is 0 Å². The van der Waals surface area contributed by atoms with E-state index in [1.54, 1.807) is 6.07 Å². The average molecular weight is 202 g/mol. The van der Waals surface area contributed by atoms with Crippen LogP contribution in [0.5, 0.6) is 0 Å². The lowest BCUT2D eigenvalue weighted by molar-refractivity contribution is 0.0952. The molecule has 0 saturated carbocycles. The first kappa shape index (κ1) is 10.1. The smallest absolute Gasteiger partial charge is 0.254 e. The molecule has 0 unspecified atom stereocenters. The molecule has 72 valence electrons. The number of halogens is 1. The van der Waals surface area contributed by atoms with Crippen LogP contribution in [0, 0.1) is 0 Å². The maximum atomic E-state index is 11.3. The van der Waals surface area contributed by atoms with E-state index in [2.05, 4.69) is 5.32 Å². The number of carbonyl (C=O) groups is 1. The fourth-order valence-electron chi connectivity index (χ4n) is 0.917. The molecular formula is C9H12ClNO2. The summed E-state index contributed by atoms with van der Waals surface area (Å²) in [6.45, 7) is 0.663. The number of nitrogens with one attached hydrogen (secondary N) is 1. The molecule has 0 aliphatic heterocycles. The van der Waals surface area contributed by atoms with Crippen LogP contribution in [0.15, 0.2) is 23.0 Å². The third-order valence-electron chi connectivity index (χ3n) is 1.63. The predicted molar refractivity (Wildman–Crippen MR) is 51.0 cm³/mol. The Morgan fingerprint density at radius 3 is 3.00 bits per heavy atom. The summed E-state index contributed by atoms with van der Waals surface area (Å²) in [6.07, 6.45) is 4.74. The van der Waals surface area contributed by atoms with Gasteiger partial charge in [0.1, 0.15) is 6.26 Å². The van der Waals surface area contributed by atoms with Gasteiger partial charge in [0.2, 0.25) is 0 Å². The Morgan fingerprint density at radius 2 is 2.38 bits per heavy atom. The largest absolute Gasteiger partial charge is 0.472 e. The minimum absolute atomic E-state index is 0.0941. The van der Waals surface area contributed by atoms with Crippen LogP contribution in [0.2, 0.25) is 0 Å². The van der Waals surface area contributed by atoms with Crippen molar-refractivity contribution in [1.29, 1.82) is 0 Å². The number of carbonyl (C=O) groups excluding carboxylic acids is 1. The number of hydrogen-bond donors (Lipinski definition) is 1. The van der Waals surface area contributed by atoms with E-state index in [1.165, 1.54) is 12.5 Å². The Balaban J connectivity index is 2.19. The molecule has 0 radical (unpaired) electrons. The van der Waals surface area contributed by atoms with Gasteiger partial charge in [-0.3, -0.25) is 4.79 Å². The fraction of sp³-hybridized carbons (Fsp3) is 0.444. The van der Waals surface area contributed by atoms with E-state index in [4.69, 9.17) is 16.0 Å². The van der Waals surface area contributed by atoms with Gasteiger partial charge in [0.15, 0.2) is 0 Å².